The number of carbonyl (C=O) groups is 2. The van der Waals surface area contributed by atoms with Crippen LogP contribution in [0.1, 0.15) is 37.9 Å². The van der Waals surface area contributed by atoms with Gasteiger partial charge in [0.1, 0.15) is 6.54 Å². The van der Waals surface area contributed by atoms with E-state index in [1.54, 1.807) is 12.1 Å². The molecule has 1 aromatic heterocycles. The monoisotopic (exact) mass is 482 g/mol. The lowest BCUT2D eigenvalue weighted by atomic mass is 9.79. The Labute approximate surface area is 195 Å². The lowest BCUT2D eigenvalue weighted by Crippen LogP contribution is -2.59. The summed E-state index contributed by atoms with van der Waals surface area (Å²) in [5.74, 6) is -2.60. The number of benzene rings is 1. The fourth-order valence-electron chi connectivity index (χ4n) is 4.94. The Morgan fingerprint density at radius 1 is 1.12 bits per heavy atom. The van der Waals surface area contributed by atoms with Gasteiger partial charge in [-0.25, -0.2) is 4.98 Å². The first-order chi connectivity index (χ1) is 16.3. The van der Waals surface area contributed by atoms with Crippen LogP contribution >= 0.6 is 0 Å². The zero-order valence-corrected chi connectivity index (χ0v) is 18.9. The molecule has 1 aliphatic heterocycles. The van der Waals surface area contributed by atoms with Gasteiger partial charge in [0.2, 0.25) is 5.82 Å². The number of ether oxygens (including phenoxy) is 2. The molecule has 1 saturated carbocycles. The molecule has 2 aromatic rings. The number of carbonyl (C=O) groups excluding carboxylic acids is 2. The fraction of sp³-hybridized carbons (Fsp3) is 0.609. The van der Waals surface area contributed by atoms with Gasteiger partial charge in [-0.1, -0.05) is 31.4 Å². The molecule has 1 aromatic carbocycles. The van der Waals surface area contributed by atoms with Gasteiger partial charge >= 0.3 is 12.1 Å². The zero-order valence-electron chi connectivity index (χ0n) is 18.9. The SMILES string of the molecule is O=C(COC(=O)Cn1c(C(F)(F)F)nc2ccccc21)NCC1(N2CCOCC2)CCCCC1. The number of nitrogens with one attached hydrogen (secondary N) is 1. The number of rotatable bonds is 7. The van der Waals surface area contributed by atoms with Crippen molar-refractivity contribution in [3.8, 4) is 0 Å². The summed E-state index contributed by atoms with van der Waals surface area (Å²) in [5.41, 5.74) is 0.154. The van der Waals surface area contributed by atoms with Crippen LogP contribution in [0, 0.1) is 0 Å². The average Bonchev–Trinajstić information content (AvgIpc) is 3.21. The van der Waals surface area contributed by atoms with Crippen molar-refractivity contribution in [2.75, 3.05) is 39.5 Å². The van der Waals surface area contributed by atoms with Crippen molar-refractivity contribution in [3.63, 3.8) is 0 Å². The molecule has 0 radical (unpaired) electrons. The Kier molecular flexibility index (Phi) is 7.42. The predicted octanol–water partition coefficient (Wildman–Crippen LogP) is 2.75. The molecule has 186 valence electrons. The molecule has 1 aliphatic carbocycles. The molecular formula is C23H29F3N4O4. The summed E-state index contributed by atoms with van der Waals surface area (Å²) < 4.78 is 51.5. The van der Waals surface area contributed by atoms with E-state index < -0.39 is 37.0 Å². The molecule has 1 saturated heterocycles. The summed E-state index contributed by atoms with van der Waals surface area (Å²) in [6.45, 7) is 2.14. The molecule has 8 nitrogen and oxygen atoms in total. The van der Waals surface area contributed by atoms with E-state index in [2.05, 4.69) is 15.2 Å². The van der Waals surface area contributed by atoms with E-state index in [-0.39, 0.29) is 16.6 Å². The van der Waals surface area contributed by atoms with Crippen molar-refractivity contribution in [2.45, 2.75) is 50.4 Å². The number of amides is 1. The van der Waals surface area contributed by atoms with Crippen molar-refractivity contribution in [3.05, 3.63) is 30.1 Å². The highest BCUT2D eigenvalue weighted by atomic mass is 19.4. The summed E-state index contributed by atoms with van der Waals surface area (Å²) in [6.07, 6.45) is 0.554. The first-order valence-corrected chi connectivity index (χ1v) is 11.6. The molecule has 4 rings (SSSR count). The lowest BCUT2D eigenvalue weighted by molar-refractivity contribution is -0.153. The largest absolute Gasteiger partial charge is 0.454 e. The number of imidazole rings is 1. The number of nitrogens with zero attached hydrogens (tertiary/aromatic N) is 3. The maximum Gasteiger partial charge on any atom is 0.449 e. The molecule has 2 heterocycles. The Bertz CT molecular complexity index is 1010. The Balaban J connectivity index is 1.34. The maximum atomic E-state index is 13.4. The summed E-state index contributed by atoms with van der Waals surface area (Å²) in [7, 11) is 0. The smallest absolute Gasteiger partial charge is 0.449 e. The van der Waals surface area contributed by atoms with Gasteiger partial charge in [-0.2, -0.15) is 13.2 Å². The molecule has 0 bridgehead atoms. The van der Waals surface area contributed by atoms with Crippen molar-refractivity contribution in [1.82, 2.24) is 19.8 Å². The van der Waals surface area contributed by atoms with Gasteiger partial charge in [0.05, 0.1) is 24.2 Å². The van der Waals surface area contributed by atoms with Gasteiger partial charge in [-0.3, -0.25) is 14.5 Å². The third-order valence-corrected chi connectivity index (χ3v) is 6.64. The first kappa shape index (κ1) is 24.5. The number of hydrogen-bond acceptors (Lipinski definition) is 6. The Morgan fingerprint density at radius 2 is 1.82 bits per heavy atom. The summed E-state index contributed by atoms with van der Waals surface area (Å²) in [4.78, 5) is 30.7. The lowest BCUT2D eigenvalue weighted by Gasteiger charge is -2.48. The third kappa shape index (κ3) is 5.52. The molecule has 2 aliphatic rings. The normalized spacial score (nSPS) is 19.1. The van der Waals surface area contributed by atoms with Crippen LogP contribution in [-0.4, -0.2) is 71.3 Å². The van der Waals surface area contributed by atoms with Crippen LogP contribution in [0.15, 0.2) is 24.3 Å². The highest BCUT2D eigenvalue weighted by Crippen LogP contribution is 2.34. The average molecular weight is 483 g/mol. The van der Waals surface area contributed by atoms with E-state index in [4.69, 9.17) is 9.47 Å². The minimum absolute atomic E-state index is 0.126. The summed E-state index contributed by atoms with van der Waals surface area (Å²) in [6, 6.07) is 6.02. The van der Waals surface area contributed by atoms with Crippen molar-refractivity contribution in [1.29, 1.82) is 0 Å². The number of esters is 1. The molecular weight excluding hydrogens is 453 g/mol. The molecule has 2 fully saturated rings. The van der Waals surface area contributed by atoms with E-state index in [0.29, 0.717) is 19.8 Å². The third-order valence-electron chi connectivity index (χ3n) is 6.64. The zero-order chi connectivity index (χ0) is 24.2. The number of morpholine rings is 1. The predicted molar refractivity (Wildman–Crippen MR) is 117 cm³/mol. The molecule has 0 unspecified atom stereocenters. The number of halogens is 3. The molecule has 0 spiro atoms. The summed E-state index contributed by atoms with van der Waals surface area (Å²) in [5, 5.41) is 2.87. The topological polar surface area (TPSA) is 85.7 Å². The molecule has 0 atom stereocenters. The number of fused-ring (bicyclic) bond motifs is 1. The van der Waals surface area contributed by atoms with E-state index in [0.717, 1.165) is 43.3 Å². The van der Waals surface area contributed by atoms with Gasteiger partial charge in [0.25, 0.3) is 5.91 Å². The van der Waals surface area contributed by atoms with Crippen LogP contribution < -0.4 is 5.32 Å². The second-order valence-corrected chi connectivity index (χ2v) is 8.83. The van der Waals surface area contributed by atoms with E-state index >= 15 is 0 Å². The second-order valence-electron chi connectivity index (χ2n) is 8.83. The van der Waals surface area contributed by atoms with Crippen LogP contribution in [0.3, 0.4) is 0 Å². The number of aromatic nitrogens is 2. The second kappa shape index (κ2) is 10.3. The quantitative estimate of drug-likeness (QED) is 0.611. The van der Waals surface area contributed by atoms with E-state index in [9.17, 15) is 22.8 Å². The van der Waals surface area contributed by atoms with Gasteiger partial charge in [0, 0.05) is 25.2 Å². The molecule has 11 heteroatoms. The highest BCUT2D eigenvalue weighted by molar-refractivity contribution is 5.82. The standard InChI is InChI=1S/C23H29F3N4O4/c24-23(25,26)21-28-17-6-2-3-7-18(17)30(21)14-20(32)34-15-19(31)27-16-22(8-4-1-5-9-22)29-10-12-33-13-11-29/h2-3,6-7H,1,4-5,8-16H2,(H,27,31). The summed E-state index contributed by atoms with van der Waals surface area (Å²) >= 11 is 0. The Morgan fingerprint density at radius 3 is 2.53 bits per heavy atom. The van der Waals surface area contributed by atoms with Gasteiger partial charge in [-0.15, -0.1) is 0 Å². The van der Waals surface area contributed by atoms with Crippen LogP contribution in [0.5, 0.6) is 0 Å². The van der Waals surface area contributed by atoms with E-state index in [1.807, 2.05) is 0 Å². The van der Waals surface area contributed by atoms with Crippen molar-refractivity contribution in [2.24, 2.45) is 0 Å². The van der Waals surface area contributed by atoms with Crippen LogP contribution in [0.2, 0.25) is 0 Å². The van der Waals surface area contributed by atoms with E-state index in [1.165, 1.54) is 18.6 Å². The van der Waals surface area contributed by atoms with Gasteiger partial charge in [0.15, 0.2) is 6.61 Å². The molecule has 1 N–H and O–H groups in total. The maximum absolute atomic E-state index is 13.4. The van der Waals surface area contributed by atoms with Gasteiger partial charge in [-0.05, 0) is 25.0 Å². The van der Waals surface area contributed by atoms with Crippen LogP contribution in [0.25, 0.3) is 11.0 Å². The number of hydrogen-bond donors (Lipinski definition) is 1. The fourth-order valence-corrected chi connectivity index (χ4v) is 4.94. The van der Waals surface area contributed by atoms with Crippen LogP contribution in [-0.2, 0) is 31.8 Å². The highest BCUT2D eigenvalue weighted by Gasteiger charge is 2.39. The minimum atomic E-state index is -4.73. The number of alkyl halides is 3. The minimum Gasteiger partial charge on any atom is -0.454 e. The van der Waals surface area contributed by atoms with Gasteiger partial charge < -0.3 is 19.4 Å². The van der Waals surface area contributed by atoms with Crippen molar-refractivity contribution < 1.29 is 32.2 Å². The van der Waals surface area contributed by atoms with Crippen LogP contribution in [0.4, 0.5) is 13.2 Å². The number of para-hydroxylation sites is 2. The first-order valence-electron chi connectivity index (χ1n) is 11.6. The molecule has 1 amide bonds. The Hall–Kier alpha value is -2.66. The molecule has 34 heavy (non-hydrogen) atoms. The van der Waals surface area contributed by atoms with Crippen molar-refractivity contribution >= 4 is 22.9 Å².